The van der Waals surface area contributed by atoms with Gasteiger partial charge in [-0.15, -0.1) is 0 Å². The fourth-order valence-corrected chi connectivity index (χ4v) is 1.80. The van der Waals surface area contributed by atoms with Gasteiger partial charge in [-0.2, -0.15) is 0 Å². The lowest BCUT2D eigenvalue weighted by Gasteiger charge is -2.22. The molecule has 0 saturated heterocycles. The third-order valence-corrected chi connectivity index (χ3v) is 2.78. The third kappa shape index (κ3) is 5.99. The van der Waals surface area contributed by atoms with Crippen molar-refractivity contribution >= 4 is 23.7 Å². The molecule has 0 bridgehead atoms. The molecule has 1 aromatic rings. The zero-order valence-corrected chi connectivity index (χ0v) is 12.7. The maximum Gasteiger partial charge on any atom is 0.408 e. The number of alkyl carbamates (subject to hydrolysis) is 1. The van der Waals surface area contributed by atoms with Crippen LogP contribution in [0.3, 0.4) is 0 Å². The molecule has 0 unspecified atom stereocenters. The molecular formula is C14H17ClFNO4. The zero-order chi connectivity index (χ0) is 16.2. The molecule has 7 heteroatoms. The summed E-state index contributed by atoms with van der Waals surface area (Å²) in [6.45, 7) is 5.00. The minimum atomic E-state index is -1.23. The first-order valence-corrected chi connectivity index (χ1v) is 6.62. The Labute approximate surface area is 127 Å². The Bertz CT molecular complexity index is 542. The van der Waals surface area contributed by atoms with Gasteiger partial charge in [0.15, 0.2) is 0 Å². The highest BCUT2D eigenvalue weighted by Crippen LogP contribution is 2.19. The van der Waals surface area contributed by atoms with Crippen LogP contribution >= 0.6 is 11.6 Å². The lowest BCUT2D eigenvalue weighted by Crippen LogP contribution is -2.44. The largest absolute Gasteiger partial charge is 0.480 e. The predicted molar refractivity (Wildman–Crippen MR) is 75.9 cm³/mol. The Morgan fingerprint density at radius 1 is 1.43 bits per heavy atom. The number of hydrogen-bond acceptors (Lipinski definition) is 3. The summed E-state index contributed by atoms with van der Waals surface area (Å²) in [6, 6.07) is 2.42. The van der Waals surface area contributed by atoms with E-state index < -0.39 is 29.5 Å². The summed E-state index contributed by atoms with van der Waals surface area (Å²) in [4.78, 5) is 22.8. The highest BCUT2D eigenvalue weighted by Gasteiger charge is 2.24. The summed E-state index contributed by atoms with van der Waals surface area (Å²) < 4.78 is 17.9. The molecule has 0 aliphatic heterocycles. The SMILES string of the molecule is CC(C)(C)OC(=O)N[C@H](Cc1ccc(F)cc1Cl)C(=O)O. The van der Waals surface area contributed by atoms with Crippen LogP contribution in [0.4, 0.5) is 9.18 Å². The number of carboxylic acid groups (broad SMARTS) is 1. The van der Waals surface area contributed by atoms with Gasteiger partial charge in [-0.1, -0.05) is 17.7 Å². The molecule has 0 aromatic heterocycles. The van der Waals surface area contributed by atoms with Crippen LogP contribution in [-0.2, 0) is 16.0 Å². The smallest absolute Gasteiger partial charge is 0.408 e. The van der Waals surface area contributed by atoms with Crippen molar-refractivity contribution in [2.75, 3.05) is 0 Å². The number of hydrogen-bond donors (Lipinski definition) is 2. The number of nitrogens with one attached hydrogen (secondary N) is 1. The van der Waals surface area contributed by atoms with Gasteiger partial charge in [0.1, 0.15) is 17.5 Å². The normalized spacial score (nSPS) is 12.6. The summed E-state index contributed by atoms with van der Waals surface area (Å²) in [6.07, 6.45) is -0.915. The van der Waals surface area contributed by atoms with Gasteiger partial charge < -0.3 is 15.2 Å². The number of amides is 1. The van der Waals surface area contributed by atoms with Crippen LogP contribution in [-0.4, -0.2) is 28.8 Å². The minimum absolute atomic E-state index is 0.0757. The van der Waals surface area contributed by atoms with Crippen LogP contribution in [0.25, 0.3) is 0 Å². The van der Waals surface area contributed by atoms with E-state index in [1.165, 1.54) is 12.1 Å². The lowest BCUT2D eigenvalue weighted by molar-refractivity contribution is -0.139. The van der Waals surface area contributed by atoms with E-state index in [-0.39, 0.29) is 11.4 Å². The highest BCUT2D eigenvalue weighted by atomic mass is 35.5. The summed E-state index contributed by atoms with van der Waals surface area (Å²) >= 11 is 5.84. The van der Waals surface area contributed by atoms with Gasteiger partial charge in [0.2, 0.25) is 0 Å². The van der Waals surface area contributed by atoms with Gasteiger partial charge in [0.05, 0.1) is 0 Å². The molecule has 2 N–H and O–H groups in total. The lowest BCUT2D eigenvalue weighted by atomic mass is 10.1. The molecule has 0 aliphatic carbocycles. The first-order valence-electron chi connectivity index (χ1n) is 6.25. The standard InChI is InChI=1S/C14H17ClFNO4/c1-14(2,3)21-13(20)17-11(12(18)19)6-8-4-5-9(16)7-10(8)15/h4-5,7,11H,6H2,1-3H3,(H,17,20)(H,18,19)/t11-/m1/s1. The summed E-state index contributed by atoms with van der Waals surface area (Å²) in [5.41, 5.74) is -0.317. The number of rotatable bonds is 4. The van der Waals surface area contributed by atoms with Crippen LogP contribution in [0.2, 0.25) is 5.02 Å². The van der Waals surface area contributed by atoms with E-state index in [2.05, 4.69) is 5.32 Å². The first-order chi connectivity index (χ1) is 9.58. The molecule has 0 fully saturated rings. The molecule has 116 valence electrons. The maximum atomic E-state index is 12.9. The molecule has 1 atom stereocenters. The quantitative estimate of drug-likeness (QED) is 0.895. The molecule has 1 rings (SSSR count). The molecule has 0 saturated carbocycles. The van der Waals surface area contributed by atoms with Crippen molar-refractivity contribution in [3.8, 4) is 0 Å². The van der Waals surface area contributed by atoms with E-state index >= 15 is 0 Å². The molecule has 21 heavy (non-hydrogen) atoms. The Hall–Kier alpha value is -1.82. The highest BCUT2D eigenvalue weighted by molar-refractivity contribution is 6.31. The van der Waals surface area contributed by atoms with E-state index in [9.17, 15) is 14.0 Å². The van der Waals surface area contributed by atoms with Crippen molar-refractivity contribution in [2.24, 2.45) is 0 Å². The first kappa shape index (κ1) is 17.2. The molecule has 5 nitrogen and oxygen atoms in total. The van der Waals surface area contributed by atoms with E-state index in [0.29, 0.717) is 5.56 Å². The minimum Gasteiger partial charge on any atom is -0.480 e. The second-order valence-electron chi connectivity index (χ2n) is 5.48. The number of carbonyl (C=O) groups excluding carboxylic acids is 1. The van der Waals surface area contributed by atoms with Crippen molar-refractivity contribution in [3.63, 3.8) is 0 Å². The molecule has 0 radical (unpaired) electrons. The van der Waals surface area contributed by atoms with Crippen molar-refractivity contribution in [3.05, 3.63) is 34.6 Å². The van der Waals surface area contributed by atoms with Gasteiger partial charge in [-0.25, -0.2) is 14.0 Å². The van der Waals surface area contributed by atoms with E-state index in [4.69, 9.17) is 21.4 Å². The van der Waals surface area contributed by atoms with Crippen LogP contribution in [0.1, 0.15) is 26.3 Å². The van der Waals surface area contributed by atoms with Crippen LogP contribution < -0.4 is 5.32 Å². The predicted octanol–water partition coefficient (Wildman–Crippen LogP) is 3.00. The third-order valence-electron chi connectivity index (χ3n) is 2.43. The number of benzene rings is 1. The van der Waals surface area contributed by atoms with Crippen LogP contribution in [0.15, 0.2) is 18.2 Å². The average molecular weight is 318 g/mol. The number of carbonyl (C=O) groups is 2. The Morgan fingerprint density at radius 2 is 2.05 bits per heavy atom. The Morgan fingerprint density at radius 3 is 2.52 bits per heavy atom. The number of halogens is 2. The number of aliphatic carboxylic acids is 1. The topological polar surface area (TPSA) is 75.6 Å². The Kier molecular flexibility index (Phi) is 5.54. The zero-order valence-electron chi connectivity index (χ0n) is 11.9. The maximum absolute atomic E-state index is 12.9. The Balaban J connectivity index is 2.79. The molecule has 0 aliphatic rings. The number of carboxylic acids is 1. The van der Waals surface area contributed by atoms with Gasteiger partial charge in [0, 0.05) is 11.4 Å². The molecular weight excluding hydrogens is 301 g/mol. The summed E-state index contributed by atoms with van der Waals surface area (Å²) in [7, 11) is 0. The van der Waals surface area contributed by atoms with Gasteiger partial charge in [0.25, 0.3) is 0 Å². The van der Waals surface area contributed by atoms with Crippen molar-refractivity contribution < 1.29 is 23.8 Å². The second kappa shape index (κ2) is 6.76. The van der Waals surface area contributed by atoms with E-state index in [1.54, 1.807) is 20.8 Å². The summed E-state index contributed by atoms with van der Waals surface area (Å²) in [5, 5.41) is 11.5. The van der Waals surface area contributed by atoms with Crippen molar-refractivity contribution in [1.82, 2.24) is 5.32 Å². The fraction of sp³-hybridized carbons (Fsp3) is 0.429. The van der Waals surface area contributed by atoms with E-state index in [0.717, 1.165) is 6.07 Å². The molecule has 0 spiro atoms. The number of ether oxygens (including phenoxy) is 1. The molecule has 1 aromatic carbocycles. The van der Waals surface area contributed by atoms with Gasteiger partial charge in [-0.05, 0) is 38.5 Å². The molecule has 0 heterocycles. The van der Waals surface area contributed by atoms with Gasteiger partial charge in [-0.3, -0.25) is 0 Å². The van der Waals surface area contributed by atoms with E-state index in [1.807, 2.05) is 0 Å². The van der Waals surface area contributed by atoms with Gasteiger partial charge >= 0.3 is 12.1 Å². The van der Waals surface area contributed by atoms with Crippen LogP contribution in [0, 0.1) is 5.82 Å². The fourth-order valence-electron chi connectivity index (χ4n) is 1.56. The van der Waals surface area contributed by atoms with Crippen molar-refractivity contribution in [2.45, 2.75) is 38.8 Å². The molecule has 1 amide bonds. The average Bonchev–Trinajstić information content (AvgIpc) is 2.28. The summed E-state index contributed by atoms with van der Waals surface area (Å²) in [5.74, 6) is -1.75. The van der Waals surface area contributed by atoms with Crippen LogP contribution in [0.5, 0.6) is 0 Å². The van der Waals surface area contributed by atoms with Crippen molar-refractivity contribution in [1.29, 1.82) is 0 Å². The second-order valence-corrected chi connectivity index (χ2v) is 5.88. The monoisotopic (exact) mass is 317 g/mol.